The summed E-state index contributed by atoms with van der Waals surface area (Å²) < 4.78 is 27.5. The molecule has 0 spiro atoms. The monoisotopic (exact) mass is 369 g/mol. The van der Waals surface area contributed by atoms with Gasteiger partial charge in [0.15, 0.2) is 0 Å². The Labute approximate surface area is 154 Å². The van der Waals surface area contributed by atoms with Gasteiger partial charge in [-0.1, -0.05) is 42.0 Å². The number of aromatic amines is 1. The van der Waals surface area contributed by atoms with E-state index in [1.807, 2.05) is 55.5 Å². The van der Waals surface area contributed by atoms with Crippen molar-refractivity contribution < 1.29 is 8.42 Å². The Hall–Kier alpha value is -2.18. The number of fused-ring (bicyclic) bond motifs is 1. The lowest BCUT2D eigenvalue weighted by molar-refractivity contribution is 0.310. The quantitative estimate of drug-likeness (QED) is 0.764. The Balaban J connectivity index is 1.53. The molecule has 1 unspecified atom stereocenters. The SMILES string of the molecule is Cc1cccc(CS(=O)(=O)N2CCCC(c3nc4ccccc4[nH]3)C2)c1. The Kier molecular flexibility index (Phi) is 4.54. The Bertz CT molecular complexity index is 993. The molecule has 26 heavy (non-hydrogen) atoms. The molecule has 1 N–H and O–H groups in total. The second kappa shape index (κ2) is 6.85. The van der Waals surface area contributed by atoms with Gasteiger partial charge in [-0.25, -0.2) is 17.7 Å². The largest absolute Gasteiger partial charge is 0.342 e. The molecular weight excluding hydrogens is 346 g/mol. The number of sulfonamides is 1. The van der Waals surface area contributed by atoms with Gasteiger partial charge in [0.25, 0.3) is 0 Å². The van der Waals surface area contributed by atoms with Crippen molar-refractivity contribution in [1.82, 2.24) is 14.3 Å². The fourth-order valence-corrected chi connectivity index (χ4v) is 5.29. The zero-order chi connectivity index (χ0) is 18.1. The van der Waals surface area contributed by atoms with Crippen LogP contribution in [0.2, 0.25) is 0 Å². The van der Waals surface area contributed by atoms with E-state index in [1.165, 1.54) is 0 Å². The van der Waals surface area contributed by atoms with E-state index in [1.54, 1.807) is 4.31 Å². The van der Waals surface area contributed by atoms with Crippen LogP contribution in [0, 0.1) is 6.92 Å². The van der Waals surface area contributed by atoms with E-state index in [4.69, 9.17) is 0 Å². The Morgan fingerprint density at radius 2 is 2.04 bits per heavy atom. The molecule has 4 rings (SSSR count). The van der Waals surface area contributed by atoms with Gasteiger partial charge in [0.05, 0.1) is 16.8 Å². The van der Waals surface area contributed by atoms with E-state index in [2.05, 4.69) is 9.97 Å². The highest BCUT2D eigenvalue weighted by molar-refractivity contribution is 7.88. The minimum Gasteiger partial charge on any atom is -0.342 e. The van der Waals surface area contributed by atoms with Crippen LogP contribution in [0.4, 0.5) is 0 Å². The molecular formula is C20H23N3O2S. The molecule has 2 heterocycles. The maximum Gasteiger partial charge on any atom is 0.218 e. The van der Waals surface area contributed by atoms with E-state index in [9.17, 15) is 8.42 Å². The lowest BCUT2D eigenvalue weighted by Crippen LogP contribution is -2.40. The van der Waals surface area contributed by atoms with Crippen molar-refractivity contribution >= 4 is 21.1 Å². The molecule has 1 aromatic heterocycles. The smallest absolute Gasteiger partial charge is 0.218 e. The van der Waals surface area contributed by atoms with Crippen LogP contribution in [-0.4, -0.2) is 35.8 Å². The highest BCUT2D eigenvalue weighted by Crippen LogP contribution is 2.29. The number of piperidine rings is 1. The number of rotatable bonds is 4. The summed E-state index contributed by atoms with van der Waals surface area (Å²) >= 11 is 0. The minimum atomic E-state index is -3.33. The molecule has 2 aromatic carbocycles. The number of aromatic nitrogens is 2. The topological polar surface area (TPSA) is 66.1 Å². The molecule has 1 saturated heterocycles. The van der Waals surface area contributed by atoms with Crippen molar-refractivity contribution in [3.8, 4) is 0 Å². The van der Waals surface area contributed by atoms with Gasteiger partial charge in [0.2, 0.25) is 10.0 Å². The number of hydrogen-bond acceptors (Lipinski definition) is 3. The molecule has 3 aromatic rings. The summed E-state index contributed by atoms with van der Waals surface area (Å²) in [6.45, 7) is 3.06. The molecule has 5 nitrogen and oxygen atoms in total. The molecule has 6 heteroatoms. The number of hydrogen-bond donors (Lipinski definition) is 1. The van der Waals surface area contributed by atoms with Crippen LogP contribution in [0.1, 0.15) is 35.7 Å². The first kappa shape index (κ1) is 17.2. The maximum absolute atomic E-state index is 12.9. The normalized spacial score (nSPS) is 19.0. The number of imidazole rings is 1. The van der Waals surface area contributed by atoms with Gasteiger partial charge in [-0.2, -0.15) is 0 Å². The summed E-state index contributed by atoms with van der Waals surface area (Å²) in [5.41, 5.74) is 3.86. The first-order valence-electron chi connectivity index (χ1n) is 8.99. The van der Waals surface area contributed by atoms with Crippen LogP contribution in [0.5, 0.6) is 0 Å². The van der Waals surface area contributed by atoms with Gasteiger partial charge >= 0.3 is 0 Å². The molecule has 0 saturated carbocycles. The number of benzene rings is 2. The van der Waals surface area contributed by atoms with Crippen molar-refractivity contribution in [2.75, 3.05) is 13.1 Å². The number of aryl methyl sites for hydroxylation is 1. The van der Waals surface area contributed by atoms with Crippen LogP contribution < -0.4 is 0 Å². The first-order valence-corrected chi connectivity index (χ1v) is 10.6. The molecule has 1 aliphatic rings. The maximum atomic E-state index is 12.9. The average molecular weight is 369 g/mol. The van der Waals surface area contributed by atoms with Crippen LogP contribution in [0.3, 0.4) is 0 Å². The van der Waals surface area contributed by atoms with E-state index in [0.717, 1.165) is 40.8 Å². The van der Waals surface area contributed by atoms with Gasteiger partial charge in [-0.3, -0.25) is 0 Å². The molecule has 0 radical (unpaired) electrons. The third kappa shape index (κ3) is 3.52. The summed E-state index contributed by atoms with van der Waals surface area (Å²) in [7, 11) is -3.33. The predicted octanol–water partition coefficient (Wildman–Crippen LogP) is 3.58. The highest BCUT2D eigenvalue weighted by atomic mass is 32.2. The number of nitrogens with one attached hydrogen (secondary N) is 1. The van der Waals surface area contributed by atoms with E-state index < -0.39 is 10.0 Å². The zero-order valence-corrected chi connectivity index (χ0v) is 15.7. The number of nitrogens with zero attached hydrogens (tertiary/aromatic N) is 2. The fourth-order valence-electron chi connectivity index (χ4n) is 3.69. The van der Waals surface area contributed by atoms with Gasteiger partial charge < -0.3 is 4.98 Å². The average Bonchev–Trinajstić information content (AvgIpc) is 3.06. The standard InChI is InChI=1S/C20H23N3O2S/c1-15-6-4-7-16(12-15)14-26(24,25)23-11-5-8-17(13-23)20-21-18-9-2-3-10-19(18)22-20/h2-4,6-7,9-10,12,17H,5,8,11,13-14H2,1H3,(H,21,22). The molecule has 1 fully saturated rings. The Morgan fingerprint density at radius 3 is 2.85 bits per heavy atom. The second-order valence-electron chi connectivity index (χ2n) is 7.08. The van der Waals surface area contributed by atoms with Crippen molar-refractivity contribution in [1.29, 1.82) is 0 Å². The van der Waals surface area contributed by atoms with Crippen LogP contribution in [0.15, 0.2) is 48.5 Å². The predicted molar refractivity (Wildman–Crippen MR) is 103 cm³/mol. The summed E-state index contributed by atoms with van der Waals surface area (Å²) in [4.78, 5) is 8.03. The van der Waals surface area contributed by atoms with E-state index in [-0.39, 0.29) is 11.7 Å². The molecule has 0 bridgehead atoms. The van der Waals surface area contributed by atoms with E-state index in [0.29, 0.717) is 13.1 Å². The highest BCUT2D eigenvalue weighted by Gasteiger charge is 2.31. The summed E-state index contributed by atoms with van der Waals surface area (Å²) in [5.74, 6) is 1.06. The zero-order valence-electron chi connectivity index (χ0n) is 14.9. The molecule has 136 valence electrons. The van der Waals surface area contributed by atoms with Gasteiger partial charge in [0.1, 0.15) is 5.82 Å². The second-order valence-corrected chi connectivity index (χ2v) is 9.05. The molecule has 1 atom stereocenters. The summed E-state index contributed by atoms with van der Waals surface area (Å²) in [5, 5.41) is 0. The van der Waals surface area contributed by atoms with Crippen LogP contribution in [-0.2, 0) is 15.8 Å². The Morgan fingerprint density at radius 1 is 1.19 bits per heavy atom. The summed E-state index contributed by atoms with van der Waals surface area (Å²) in [6.07, 6.45) is 1.81. The molecule has 0 aliphatic carbocycles. The lowest BCUT2D eigenvalue weighted by atomic mass is 9.99. The van der Waals surface area contributed by atoms with Crippen LogP contribution in [0.25, 0.3) is 11.0 Å². The van der Waals surface area contributed by atoms with Gasteiger partial charge in [-0.15, -0.1) is 0 Å². The van der Waals surface area contributed by atoms with Crippen molar-refractivity contribution in [3.05, 3.63) is 65.5 Å². The molecule has 1 aliphatic heterocycles. The summed E-state index contributed by atoms with van der Waals surface area (Å²) in [6, 6.07) is 15.6. The first-order chi connectivity index (χ1) is 12.5. The van der Waals surface area contributed by atoms with E-state index >= 15 is 0 Å². The fraction of sp³-hybridized carbons (Fsp3) is 0.350. The van der Waals surface area contributed by atoms with Gasteiger partial charge in [0, 0.05) is 19.0 Å². The van der Waals surface area contributed by atoms with Gasteiger partial charge in [-0.05, 0) is 37.5 Å². The third-order valence-electron chi connectivity index (χ3n) is 5.00. The minimum absolute atomic E-state index is 0.0571. The lowest BCUT2D eigenvalue weighted by Gasteiger charge is -2.31. The number of H-pyrrole nitrogens is 1. The van der Waals surface area contributed by atoms with Crippen molar-refractivity contribution in [3.63, 3.8) is 0 Å². The van der Waals surface area contributed by atoms with Crippen molar-refractivity contribution in [2.45, 2.75) is 31.4 Å². The third-order valence-corrected chi connectivity index (χ3v) is 6.82. The molecule has 0 amide bonds. The number of para-hydroxylation sites is 2. The van der Waals surface area contributed by atoms with Crippen LogP contribution >= 0.6 is 0 Å². The van der Waals surface area contributed by atoms with Crippen molar-refractivity contribution in [2.24, 2.45) is 0 Å².